The van der Waals surface area contributed by atoms with Crippen LogP contribution in [0.2, 0.25) is 0 Å². The first-order valence-corrected chi connectivity index (χ1v) is 10.7. The van der Waals surface area contributed by atoms with Gasteiger partial charge in [0.05, 0.1) is 11.4 Å². The van der Waals surface area contributed by atoms with Gasteiger partial charge in [-0.2, -0.15) is 0 Å². The Morgan fingerprint density at radius 2 is 1.88 bits per heavy atom. The van der Waals surface area contributed by atoms with Crippen LogP contribution in [-0.4, -0.2) is 57.7 Å². The fourth-order valence-electron chi connectivity index (χ4n) is 4.31. The van der Waals surface area contributed by atoms with Gasteiger partial charge in [0.2, 0.25) is 10.0 Å². The Labute approximate surface area is 161 Å². The zero-order valence-electron chi connectivity index (χ0n) is 14.8. The number of carbonyl (C=O) groups excluding carboxylic acids is 1. The molecule has 1 aromatic carbocycles. The normalized spacial score (nSPS) is 23.8. The molecular formula is C18H26ClN3O3S. The number of nitrogens with one attached hydrogen (secondary N) is 1. The Hall–Kier alpha value is -1.31. The maximum Gasteiger partial charge on any atom is 0.253 e. The molecule has 0 unspecified atom stereocenters. The van der Waals surface area contributed by atoms with Crippen LogP contribution in [0.3, 0.4) is 0 Å². The van der Waals surface area contributed by atoms with Crippen LogP contribution < -0.4 is 9.62 Å². The molecule has 3 aliphatic rings. The van der Waals surface area contributed by atoms with E-state index < -0.39 is 10.0 Å². The SMILES string of the molecule is Cl.O=C(c1cccc(N2CCCS2(=O)=O)c1)N1CCC2(CCNC2)CC1. The number of anilines is 1. The van der Waals surface area contributed by atoms with Crippen molar-refractivity contribution < 1.29 is 13.2 Å². The predicted octanol–water partition coefficient (Wildman–Crippen LogP) is 1.86. The van der Waals surface area contributed by atoms with Crippen LogP contribution in [0.25, 0.3) is 0 Å². The summed E-state index contributed by atoms with van der Waals surface area (Å²) in [6.07, 6.45) is 3.94. The number of hydrogen-bond acceptors (Lipinski definition) is 4. The van der Waals surface area contributed by atoms with Crippen LogP contribution in [0.5, 0.6) is 0 Å². The number of benzene rings is 1. The number of nitrogens with zero attached hydrogens (tertiary/aromatic N) is 2. The van der Waals surface area contributed by atoms with Gasteiger partial charge in [0.1, 0.15) is 0 Å². The third-order valence-corrected chi connectivity index (χ3v) is 7.79. The summed E-state index contributed by atoms with van der Waals surface area (Å²) in [5, 5.41) is 3.44. The van der Waals surface area contributed by atoms with Gasteiger partial charge < -0.3 is 10.2 Å². The zero-order chi connectivity index (χ0) is 17.5. The smallest absolute Gasteiger partial charge is 0.253 e. The van der Waals surface area contributed by atoms with Crippen molar-refractivity contribution >= 4 is 34.0 Å². The number of likely N-dealkylation sites (tertiary alicyclic amines) is 1. The summed E-state index contributed by atoms with van der Waals surface area (Å²) in [4.78, 5) is 14.8. The molecule has 1 aromatic rings. The van der Waals surface area contributed by atoms with E-state index in [2.05, 4.69) is 5.32 Å². The molecule has 0 atom stereocenters. The summed E-state index contributed by atoms with van der Waals surface area (Å²) in [6, 6.07) is 7.07. The van der Waals surface area contributed by atoms with E-state index in [1.807, 2.05) is 4.90 Å². The highest BCUT2D eigenvalue weighted by Gasteiger charge is 2.38. The van der Waals surface area contributed by atoms with E-state index in [4.69, 9.17) is 0 Å². The number of sulfonamides is 1. The van der Waals surface area contributed by atoms with Gasteiger partial charge in [0, 0.05) is 31.7 Å². The highest BCUT2D eigenvalue weighted by Crippen LogP contribution is 2.37. The van der Waals surface area contributed by atoms with Gasteiger partial charge in [-0.15, -0.1) is 12.4 Å². The van der Waals surface area contributed by atoms with E-state index in [9.17, 15) is 13.2 Å². The van der Waals surface area contributed by atoms with Crippen molar-refractivity contribution in [2.24, 2.45) is 5.41 Å². The predicted molar refractivity (Wildman–Crippen MR) is 104 cm³/mol. The van der Waals surface area contributed by atoms with Crippen molar-refractivity contribution in [1.29, 1.82) is 0 Å². The van der Waals surface area contributed by atoms with Crippen LogP contribution in [0.1, 0.15) is 36.0 Å². The highest BCUT2D eigenvalue weighted by atomic mass is 35.5. The molecule has 3 saturated heterocycles. The molecule has 4 rings (SSSR count). The van der Waals surface area contributed by atoms with Crippen molar-refractivity contribution in [3.05, 3.63) is 29.8 Å². The average Bonchev–Trinajstić information content (AvgIpc) is 3.21. The fraction of sp³-hybridized carbons (Fsp3) is 0.611. The third-order valence-electron chi connectivity index (χ3n) is 5.92. The first-order valence-electron chi connectivity index (χ1n) is 9.10. The number of rotatable bonds is 2. The Balaban J connectivity index is 0.00000196. The van der Waals surface area contributed by atoms with E-state index in [1.54, 1.807) is 24.3 Å². The minimum atomic E-state index is -3.22. The molecule has 6 nitrogen and oxygen atoms in total. The second-order valence-corrected chi connectivity index (χ2v) is 9.52. The molecule has 0 aromatic heterocycles. The molecule has 26 heavy (non-hydrogen) atoms. The first-order chi connectivity index (χ1) is 12.0. The molecule has 3 fully saturated rings. The van der Waals surface area contributed by atoms with E-state index in [0.717, 1.165) is 39.0 Å². The van der Waals surface area contributed by atoms with Crippen molar-refractivity contribution in [2.45, 2.75) is 25.7 Å². The van der Waals surface area contributed by atoms with Gasteiger partial charge in [-0.05, 0) is 55.8 Å². The maximum absolute atomic E-state index is 12.9. The topological polar surface area (TPSA) is 69.7 Å². The standard InChI is InChI=1S/C18H25N3O3S.ClH/c22-17(20-10-6-18(7-11-20)5-8-19-14-18)15-3-1-4-16(13-15)21-9-2-12-25(21,23)24;/h1,3-4,13,19H,2,5-12,14H2;1H. The third kappa shape index (κ3) is 3.57. The number of hydrogen-bond donors (Lipinski definition) is 1. The van der Waals surface area contributed by atoms with Crippen molar-refractivity contribution in [3.63, 3.8) is 0 Å². The van der Waals surface area contributed by atoms with Crippen LogP contribution in [0, 0.1) is 5.41 Å². The number of piperidine rings is 1. The molecule has 0 bridgehead atoms. The molecule has 0 aliphatic carbocycles. The maximum atomic E-state index is 12.9. The average molecular weight is 400 g/mol. The number of halogens is 1. The molecule has 1 amide bonds. The molecule has 1 N–H and O–H groups in total. The van der Waals surface area contributed by atoms with E-state index in [1.165, 1.54) is 10.7 Å². The summed E-state index contributed by atoms with van der Waals surface area (Å²) in [6.45, 7) is 4.22. The molecule has 144 valence electrons. The summed E-state index contributed by atoms with van der Waals surface area (Å²) < 4.78 is 25.7. The molecule has 1 spiro atoms. The Morgan fingerprint density at radius 1 is 1.12 bits per heavy atom. The largest absolute Gasteiger partial charge is 0.339 e. The lowest BCUT2D eigenvalue weighted by Crippen LogP contribution is -2.44. The summed E-state index contributed by atoms with van der Waals surface area (Å²) >= 11 is 0. The van der Waals surface area contributed by atoms with Crippen LogP contribution in [0.15, 0.2) is 24.3 Å². The van der Waals surface area contributed by atoms with Crippen molar-refractivity contribution in [2.75, 3.05) is 42.8 Å². The van der Waals surface area contributed by atoms with Gasteiger partial charge in [-0.25, -0.2) is 8.42 Å². The summed E-state index contributed by atoms with van der Waals surface area (Å²) in [7, 11) is -3.22. The highest BCUT2D eigenvalue weighted by molar-refractivity contribution is 7.93. The zero-order valence-corrected chi connectivity index (χ0v) is 16.4. The minimum Gasteiger partial charge on any atom is -0.339 e. The van der Waals surface area contributed by atoms with Gasteiger partial charge in [0.25, 0.3) is 5.91 Å². The molecule has 0 saturated carbocycles. The second-order valence-electron chi connectivity index (χ2n) is 7.51. The molecular weight excluding hydrogens is 374 g/mol. The van der Waals surface area contributed by atoms with Crippen LogP contribution in [-0.2, 0) is 10.0 Å². The van der Waals surface area contributed by atoms with Crippen LogP contribution in [0.4, 0.5) is 5.69 Å². The van der Waals surface area contributed by atoms with Crippen LogP contribution >= 0.6 is 12.4 Å². The van der Waals surface area contributed by atoms with Gasteiger partial charge in [0.15, 0.2) is 0 Å². The molecule has 0 radical (unpaired) electrons. The quantitative estimate of drug-likeness (QED) is 0.824. The van der Waals surface area contributed by atoms with E-state index in [0.29, 0.717) is 29.6 Å². The van der Waals surface area contributed by atoms with E-state index >= 15 is 0 Å². The lowest BCUT2D eigenvalue weighted by atomic mass is 9.78. The molecule has 3 aliphatic heterocycles. The number of carbonyl (C=O) groups is 1. The lowest BCUT2D eigenvalue weighted by molar-refractivity contribution is 0.0607. The monoisotopic (exact) mass is 399 g/mol. The minimum absolute atomic E-state index is 0. The molecule has 3 heterocycles. The fourth-order valence-corrected chi connectivity index (χ4v) is 5.87. The van der Waals surface area contributed by atoms with Gasteiger partial charge >= 0.3 is 0 Å². The summed E-state index contributed by atoms with van der Waals surface area (Å²) in [5.41, 5.74) is 1.57. The lowest BCUT2D eigenvalue weighted by Gasteiger charge is -2.39. The van der Waals surface area contributed by atoms with Gasteiger partial charge in [-0.1, -0.05) is 6.07 Å². The van der Waals surface area contributed by atoms with Crippen molar-refractivity contribution in [3.8, 4) is 0 Å². The number of amides is 1. The summed E-state index contributed by atoms with van der Waals surface area (Å²) in [5.74, 6) is 0.201. The molecule has 8 heteroatoms. The second kappa shape index (κ2) is 7.37. The van der Waals surface area contributed by atoms with E-state index in [-0.39, 0.29) is 24.1 Å². The Kier molecular flexibility index (Phi) is 5.51. The van der Waals surface area contributed by atoms with Crippen molar-refractivity contribution in [1.82, 2.24) is 10.2 Å². The first kappa shape index (κ1) is 19.5. The Morgan fingerprint density at radius 3 is 2.50 bits per heavy atom. The Bertz CT molecular complexity index is 768. The van der Waals surface area contributed by atoms with Gasteiger partial charge in [-0.3, -0.25) is 9.10 Å².